The molecule has 12 heavy (non-hydrogen) atoms. The molecule has 1 unspecified atom stereocenters. The standard InChI is InChI=1S/C7H10O5/c1-11-6(10)7(5(8)9)3-2-4-12-7/h2-4H2,1H3,(H,8,9)/p-1. The van der Waals surface area contributed by atoms with Gasteiger partial charge in [0.1, 0.15) is 0 Å². The lowest BCUT2D eigenvalue weighted by Gasteiger charge is -2.25. The second-order valence-electron chi connectivity index (χ2n) is 2.56. The van der Waals surface area contributed by atoms with Crippen molar-refractivity contribution in [2.45, 2.75) is 18.4 Å². The van der Waals surface area contributed by atoms with Gasteiger partial charge in [-0.3, -0.25) is 0 Å². The Labute approximate surface area is 69.3 Å². The van der Waals surface area contributed by atoms with E-state index in [2.05, 4.69) is 4.74 Å². The fourth-order valence-corrected chi connectivity index (χ4v) is 1.21. The van der Waals surface area contributed by atoms with Crippen molar-refractivity contribution in [3.05, 3.63) is 0 Å². The average Bonchev–Trinajstić information content (AvgIpc) is 2.52. The number of methoxy groups -OCH3 is 1. The van der Waals surface area contributed by atoms with Crippen molar-refractivity contribution >= 4 is 11.9 Å². The molecular formula is C7H9O5-. The lowest BCUT2D eigenvalue weighted by Crippen LogP contribution is -2.54. The van der Waals surface area contributed by atoms with Crippen molar-refractivity contribution in [3.8, 4) is 0 Å². The minimum absolute atomic E-state index is 0.127. The van der Waals surface area contributed by atoms with Crippen LogP contribution in [-0.4, -0.2) is 31.3 Å². The number of aliphatic carboxylic acids is 1. The van der Waals surface area contributed by atoms with Crippen LogP contribution in [0.2, 0.25) is 0 Å². The van der Waals surface area contributed by atoms with E-state index in [9.17, 15) is 14.7 Å². The minimum atomic E-state index is -1.85. The number of carbonyl (C=O) groups is 2. The lowest BCUT2D eigenvalue weighted by molar-refractivity contribution is -0.323. The first-order chi connectivity index (χ1) is 5.63. The van der Waals surface area contributed by atoms with E-state index < -0.39 is 17.5 Å². The molecular weight excluding hydrogens is 164 g/mol. The van der Waals surface area contributed by atoms with Gasteiger partial charge >= 0.3 is 5.97 Å². The SMILES string of the molecule is COC(=O)C1(C(=O)[O-])CCCO1. The monoisotopic (exact) mass is 173 g/mol. The Hall–Kier alpha value is -1.10. The maximum atomic E-state index is 11.0. The molecule has 0 aromatic rings. The molecule has 0 spiro atoms. The quantitative estimate of drug-likeness (QED) is 0.373. The molecule has 0 bridgehead atoms. The van der Waals surface area contributed by atoms with E-state index in [1.165, 1.54) is 0 Å². The summed E-state index contributed by atoms with van der Waals surface area (Å²) in [5.74, 6) is -2.41. The van der Waals surface area contributed by atoms with Crippen LogP contribution in [0.4, 0.5) is 0 Å². The van der Waals surface area contributed by atoms with Gasteiger partial charge in [-0.15, -0.1) is 0 Å². The number of ether oxygens (including phenoxy) is 2. The highest BCUT2D eigenvalue weighted by Crippen LogP contribution is 2.26. The van der Waals surface area contributed by atoms with Gasteiger partial charge in [0.2, 0.25) is 5.60 Å². The molecule has 0 radical (unpaired) electrons. The average molecular weight is 173 g/mol. The predicted molar refractivity (Wildman–Crippen MR) is 34.9 cm³/mol. The first-order valence-corrected chi connectivity index (χ1v) is 3.57. The molecule has 1 atom stereocenters. The third kappa shape index (κ3) is 1.16. The molecule has 1 heterocycles. The van der Waals surface area contributed by atoms with Gasteiger partial charge in [-0.2, -0.15) is 0 Å². The van der Waals surface area contributed by atoms with E-state index in [4.69, 9.17) is 4.74 Å². The van der Waals surface area contributed by atoms with E-state index in [1.807, 2.05) is 0 Å². The summed E-state index contributed by atoms with van der Waals surface area (Å²) in [7, 11) is 1.12. The number of rotatable bonds is 2. The van der Waals surface area contributed by atoms with E-state index in [0.717, 1.165) is 7.11 Å². The van der Waals surface area contributed by atoms with Crippen LogP contribution >= 0.6 is 0 Å². The van der Waals surface area contributed by atoms with E-state index in [0.29, 0.717) is 6.42 Å². The van der Waals surface area contributed by atoms with Crippen LogP contribution in [0.1, 0.15) is 12.8 Å². The van der Waals surface area contributed by atoms with Crippen LogP contribution in [0.15, 0.2) is 0 Å². The summed E-state index contributed by atoms with van der Waals surface area (Å²) in [6, 6.07) is 0. The predicted octanol–water partition coefficient (Wildman–Crippen LogP) is -1.54. The van der Waals surface area contributed by atoms with Gasteiger partial charge in [0.15, 0.2) is 0 Å². The summed E-state index contributed by atoms with van der Waals surface area (Å²) < 4.78 is 9.13. The van der Waals surface area contributed by atoms with E-state index >= 15 is 0 Å². The largest absolute Gasteiger partial charge is 0.546 e. The molecule has 0 aliphatic carbocycles. The number of carboxylic acid groups (broad SMARTS) is 1. The first kappa shape index (κ1) is 8.99. The van der Waals surface area contributed by atoms with Gasteiger partial charge in [0.25, 0.3) is 0 Å². The topological polar surface area (TPSA) is 75.7 Å². The molecule has 0 aromatic carbocycles. The van der Waals surface area contributed by atoms with Crippen LogP contribution in [0.3, 0.4) is 0 Å². The smallest absolute Gasteiger partial charge is 0.344 e. The lowest BCUT2D eigenvalue weighted by atomic mass is 10.0. The highest BCUT2D eigenvalue weighted by molar-refractivity contribution is 6.02. The highest BCUT2D eigenvalue weighted by Gasteiger charge is 2.45. The Kier molecular flexibility index (Phi) is 2.32. The third-order valence-electron chi connectivity index (χ3n) is 1.87. The Balaban J connectivity index is 2.86. The van der Waals surface area contributed by atoms with E-state index in [-0.39, 0.29) is 13.0 Å². The van der Waals surface area contributed by atoms with Crippen molar-refractivity contribution in [3.63, 3.8) is 0 Å². The maximum Gasteiger partial charge on any atom is 0.344 e. The Morgan fingerprint density at radius 3 is 2.58 bits per heavy atom. The van der Waals surface area contributed by atoms with Gasteiger partial charge in [-0.05, 0) is 12.8 Å². The van der Waals surface area contributed by atoms with Crippen molar-refractivity contribution in [2.75, 3.05) is 13.7 Å². The Morgan fingerprint density at radius 1 is 1.58 bits per heavy atom. The third-order valence-corrected chi connectivity index (χ3v) is 1.87. The molecule has 0 amide bonds. The van der Waals surface area contributed by atoms with E-state index in [1.54, 1.807) is 0 Å². The first-order valence-electron chi connectivity index (χ1n) is 3.57. The van der Waals surface area contributed by atoms with Crippen LogP contribution in [0.5, 0.6) is 0 Å². The van der Waals surface area contributed by atoms with Gasteiger partial charge < -0.3 is 19.4 Å². The highest BCUT2D eigenvalue weighted by atomic mass is 16.6. The zero-order valence-corrected chi connectivity index (χ0v) is 6.66. The summed E-state index contributed by atoms with van der Waals surface area (Å²) in [5, 5.41) is 10.6. The molecule has 0 N–H and O–H groups in total. The number of carbonyl (C=O) groups excluding carboxylic acids is 2. The zero-order valence-electron chi connectivity index (χ0n) is 6.66. The van der Waals surface area contributed by atoms with Crippen LogP contribution in [-0.2, 0) is 19.1 Å². The minimum Gasteiger partial charge on any atom is -0.546 e. The second kappa shape index (κ2) is 3.10. The van der Waals surface area contributed by atoms with Crippen LogP contribution in [0.25, 0.3) is 0 Å². The van der Waals surface area contributed by atoms with Crippen LogP contribution < -0.4 is 5.11 Å². The van der Waals surface area contributed by atoms with Gasteiger partial charge in [-0.1, -0.05) is 0 Å². The summed E-state index contributed by atoms with van der Waals surface area (Å²) >= 11 is 0. The Morgan fingerprint density at radius 2 is 2.25 bits per heavy atom. The molecule has 0 aromatic heterocycles. The second-order valence-corrected chi connectivity index (χ2v) is 2.56. The molecule has 5 nitrogen and oxygen atoms in total. The van der Waals surface area contributed by atoms with Crippen LogP contribution in [0, 0.1) is 0 Å². The summed E-state index contributed by atoms with van der Waals surface area (Å²) in [4.78, 5) is 21.6. The van der Waals surface area contributed by atoms with Crippen molar-refractivity contribution in [1.29, 1.82) is 0 Å². The van der Waals surface area contributed by atoms with Crippen molar-refractivity contribution in [2.24, 2.45) is 0 Å². The molecule has 1 fully saturated rings. The molecule has 1 aliphatic heterocycles. The molecule has 1 rings (SSSR count). The number of carboxylic acids is 1. The maximum absolute atomic E-state index is 11.0. The Bertz CT molecular complexity index is 204. The molecule has 68 valence electrons. The molecule has 5 heteroatoms. The van der Waals surface area contributed by atoms with Gasteiger partial charge in [-0.25, -0.2) is 4.79 Å². The van der Waals surface area contributed by atoms with Gasteiger partial charge in [0, 0.05) is 6.61 Å². The summed E-state index contributed by atoms with van der Waals surface area (Å²) in [5.41, 5.74) is -1.85. The molecule has 1 aliphatic rings. The summed E-state index contributed by atoms with van der Waals surface area (Å²) in [6.07, 6.45) is 0.658. The fourth-order valence-electron chi connectivity index (χ4n) is 1.21. The normalized spacial score (nSPS) is 28.4. The van der Waals surface area contributed by atoms with Gasteiger partial charge in [0.05, 0.1) is 13.1 Å². The van der Waals surface area contributed by atoms with Crippen molar-refractivity contribution < 1.29 is 24.2 Å². The number of esters is 1. The number of hydrogen-bond acceptors (Lipinski definition) is 5. The fraction of sp³-hybridized carbons (Fsp3) is 0.714. The number of hydrogen-bond donors (Lipinski definition) is 0. The zero-order chi connectivity index (χ0) is 9.19. The van der Waals surface area contributed by atoms with Crippen molar-refractivity contribution in [1.82, 2.24) is 0 Å². The summed E-state index contributed by atoms with van der Waals surface area (Å²) in [6.45, 7) is 0.253. The molecule has 1 saturated heterocycles. The molecule has 0 saturated carbocycles.